The molecule has 0 aromatic heterocycles. The van der Waals surface area contributed by atoms with Crippen LogP contribution in [0.2, 0.25) is 0 Å². The molecule has 1 saturated heterocycles. The lowest BCUT2D eigenvalue weighted by Gasteiger charge is -2.29. The second-order valence-electron chi connectivity index (χ2n) is 5.38. The molecule has 0 aromatic carbocycles. The molecular weight excluding hydrogens is 214 g/mol. The van der Waals surface area contributed by atoms with Crippen LogP contribution in [-0.4, -0.2) is 49.6 Å². The first-order valence-electron chi connectivity index (χ1n) is 7.00. The Morgan fingerprint density at radius 3 is 2.82 bits per heavy atom. The van der Waals surface area contributed by atoms with Crippen molar-refractivity contribution in [1.82, 2.24) is 15.5 Å². The van der Waals surface area contributed by atoms with E-state index in [0.29, 0.717) is 12.6 Å². The highest BCUT2D eigenvalue weighted by Crippen LogP contribution is 2.18. The van der Waals surface area contributed by atoms with Gasteiger partial charge in [-0.15, -0.1) is 0 Å². The van der Waals surface area contributed by atoms with Crippen LogP contribution in [0, 0.1) is 5.92 Å². The Bertz CT molecular complexity index is 247. The fourth-order valence-electron chi connectivity index (χ4n) is 2.45. The number of amides is 1. The summed E-state index contributed by atoms with van der Waals surface area (Å²) in [5.41, 5.74) is 0. The minimum Gasteiger partial charge on any atom is -0.352 e. The van der Waals surface area contributed by atoms with Gasteiger partial charge in [0.25, 0.3) is 0 Å². The molecular formula is C13H25N3O. The van der Waals surface area contributed by atoms with E-state index in [-0.39, 0.29) is 5.91 Å². The maximum absolute atomic E-state index is 11.7. The Morgan fingerprint density at radius 1 is 1.41 bits per heavy atom. The molecule has 4 nitrogen and oxygen atoms in total. The van der Waals surface area contributed by atoms with E-state index in [4.69, 9.17) is 0 Å². The van der Waals surface area contributed by atoms with Crippen molar-refractivity contribution in [3.05, 3.63) is 0 Å². The van der Waals surface area contributed by atoms with Gasteiger partial charge in [-0.3, -0.25) is 9.69 Å². The lowest BCUT2D eigenvalue weighted by molar-refractivity contribution is -0.122. The maximum Gasteiger partial charge on any atom is 0.234 e. The van der Waals surface area contributed by atoms with Gasteiger partial charge in [-0.2, -0.15) is 0 Å². The fraction of sp³-hybridized carbons (Fsp3) is 0.923. The zero-order valence-electron chi connectivity index (χ0n) is 10.9. The lowest BCUT2D eigenvalue weighted by atomic mass is 9.99. The monoisotopic (exact) mass is 239 g/mol. The molecule has 1 aliphatic heterocycles. The summed E-state index contributed by atoms with van der Waals surface area (Å²) in [5.74, 6) is 0.926. The first kappa shape index (κ1) is 12.8. The van der Waals surface area contributed by atoms with Gasteiger partial charge in [0.2, 0.25) is 5.91 Å². The molecule has 1 aliphatic carbocycles. The third-order valence-corrected chi connectivity index (χ3v) is 3.67. The summed E-state index contributed by atoms with van der Waals surface area (Å²) in [7, 11) is 0. The van der Waals surface area contributed by atoms with Gasteiger partial charge in [-0.1, -0.05) is 6.92 Å². The molecule has 1 atom stereocenters. The Labute approximate surface area is 104 Å². The number of carbonyl (C=O) groups is 1. The number of nitrogens with zero attached hydrogens (tertiary/aromatic N) is 1. The summed E-state index contributed by atoms with van der Waals surface area (Å²) < 4.78 is 0. The molecule has 1 saturated carbocycles. The van der Waals surface area contributed by atoms with Crippen LogP contribution < -0.4 is 10.6 Å². The van der Waals surface area contributed by atoms with Crippen LogP contribution >= 0.6 is 0 Å². The Morgan fingerprint density at radius 2 is 2.24 bits per heavy atom. The van der Waals surface area contributed by atoms with E-state index >= 15 is 0 Å². The Hall–Kier alpha value is -0.610. The van der Waals surface area contributed by atoms with E-state index in [1.807, 2.05) is 0 Å². The number of hydrogen-bond acceptors (Lipinski definition) is 3. The van der Waals surface area contributed by atoms with Gasteiger partial charge in [-0.05, 0) is 51.2 Å². The fourth-order valence-corrected chi connectivity index (χ4v) is 2.45. The third kappa shape index (κ3) is 4.64. The minimum absolute atomic E-state index is 0.207. The Kier molecular flexibility index (Phi) is 4.80. The van der Waals surface area contributed by atoms with Gasteiger partial charge in [0.1, 0.15) is 0 Å². The molecule has 1 heterocycles. The highest BCUT2D eigenvalue weighted by molar-refractivity contribution is 5.78. The Balaban J connectivity index is 1.68. The zero-order valence-corrected chi connectivity index (χ0v) is 10.9. The molecule has 2 rings (SSSR count). The van der Waals surface area contributed by atoms with Gasteiger partial charge in [0.15, 0.2) is 0 Å². The van der Waals surface area contributed by atoms with Crippen LogP contribution in [0.15, 0.2) is 0 Å². The molecule has 1 amide bonds. The summed E-state index contributed by atoms with van der Waals surface area (Å²) in [6.45, 7) is 7.01. The molecule has 2 aliphatic rings. The smallest absolute Gasteiger partial charge is 0.234 e. The van der Waals surface area contributed by atoms with E-state index in [1.54, 1.807) is 0 Å². The second kappa shape index (κ2) is 6.36. The molecule has 0 radical (unpaired) electrons. The standard InChI is InChI=1S/C13H25N3O/c1-2-16(9-11-4-3-7-14-8-11)10-13(17)15-12-5-6-12/h11-12,14H,2-10H2,1H3,(H,15,17). The van der Waals surface area contributed by atoms with E-state index in [1.165, 1.54) is 25.7 Å². The number of carbonyl (C=O) groups excluding carboxylic acids is 1. The minimum atomic E-state index is 0.207. The van der Waals surface area contributed by atoms with Crippen molar-refractivity contribution < 1.29 is 4.79 Å². The average molecular weight is 239 g/mol. The van der Waals surface area contributed by atoms with Crippen LogP contribution in [-0.2, 0) is 4.79 Å². The highest BCUT2D eigenvalue weighted by atomic mass is 16.2. The molecule has 0 spiro atoms. The normalized spacial score (nSPS) is 24.9. The van der Waals surface area contributed by atoms with Crippen LogP contribution in [0.25, 0.3) is 0 Å². The maximum atomic E-state index is 11.7. The average Bonchev–Trinajstić information content (AvgIpc) is 3.13. The number of piperidine rings is 1. The SMILES string of the molecule is CCN(CC(=O)NC1CC1)CC1CCCNC1. The molecule has 98 valence electrons. The predicted molar refractivity (Wildman–Crippen MR) is 68.9 cm³/mol. The summed E-state index contributed by atoms with van der Waals surface area (Å²) in [4.78, 5) is 14.0. The third-order valence-electron chi connectivity index (χ3n) is 3.67. The van der Waals surface area contributed by atoms with E-state index in [2.05, 4.69) is 22.5 Å². The number of rotatable bonds is 6. The first-order chi connectivity index (χ1) is 8.28. The first-order valence-corrected chi connectivity index (χ1v) is 7.00. The molecule has 0 aromatic rings. The van der Waals surface area contributed by atoms with Crippen molar-refractivity contribution in [1.29, 1.82) is 0 Å². The number of likely N-dealkylation sites (N-methyl/N-ethyl adjacent to an activating group) is 1. The van der Waals surface area contributed by atoms with Gasteiger partial charge >= 0.3 is 0 Å². The molecule has 4 heteroatoms. The zero-order chi connectivity index (χ0) is 12.1. The lowest BCUT2D eigenvalue weighted by Crippen LogP contribution is -2.43. The van der Waals surface area contributed by atoms with Gasteiger partial charge < -0.3 is 10.6 Å². The number of nitrogens with one attached hydrogen (secondary N) is 2. The van der Waals surface area contributed by atoms with Crippen molar-refractivity contribution in [2.45, 2.75) is 38.6 Å². The van der Waals surface area contributed by atoms with Gasteiger partial charge in [0.05, 0.1) is 6.54 Å². The molecule has 2 N–H and O–H groups in total. The van der Waals surface area contributed by atoms with Crippen LogP contribution in [0.3, 0.4) is 0 Å². The van der Waals surface area contributed by atoms with Crippen molar-refractivity contribution in [3.8, 4) is 0 Å². The molecule has 0 bridgehead atoms. The summed E-state index contributed by atoms with van der Waals surface area (Å²) in [6, 6.07) is 0.484. The topological polar surface area (TPSA) is 44.4 Å². The van der Waals surface area contributed by atoms with Crippen LogP contribution in [0.1, 0.15) is 32.6 Å². The summed E-state index contributed by atoms with van der Waals surface area (Å²) in [5, 5.41) is 6.49. The van der Waals surface area contributed by atoms with Crippen LogP contribution in [0.5, 0.6) is 0 Å². The van der Waals surface area contributed by atoms with Crippen LogP contribution in [0.4, 0.5) is 0 Å². The van der Waals surface area contributed by atoms with Crippen molar-refractivity contribution in [3.63, 3.8) is 0 Å². The van der Waals surface area contributed by atoms with E-state index in [0.717, 1.165) is 32.1 Å². The van der Waals surface area contributed by atoms with Gasteiger partial charge in [0, 0.05) is 12.6 Å². The van der Waals surface area contributed by atoms with Crippen molar-refractivity contribution >= 4 is 5.91 Å². The highest BCUT2D eigenvalue weighted by Gasteiger charge is 2.24. The quantitative estimate of drug-likeness (QED) is 0.713. The summed E-state index contributed by atoms with van der Waals surface area (Å²) in [6.07, 6.45) is 4.92. The predicted octanol–water partition coefficient (Wildman–Crippen LogP) is 0.587. The largest absolute Gasteiger partial charge is 0.352 e. The van der Waals surface area contributed by atoms with E-state index < -0.39 is 0 Å². The second-order valence-corrected chi connectivity index (χ2v) is 5.38. The van der Waals surface area contributed by atoms with Crippen molar-refractivity contribution in [2.24, 2.45) is 5.92 Å². The molecule has 1 unspecified atom stereocenters. The summed E-state index contributed by atoms with van der Waals surface area (Å²) >= 11 is 0. The molecule has 2 fully saturated rings. The number of hydrogen-bond donors (Lipinski definition) is 2. The van der Waals surface area contributed by atoms with Crippen molar-refractivity contribution in [2.75, 3.05) is 32.7 Å². The van der Waals surface area contributed by atoms with Gasteiger partial charge in [-0.25, -0.2) is 0 Å². The van der Waals surface area contributed by atoms with E-state index in [9.17, 15) is 4.79 Å². The molecule has 17 heavy (non-hydrogen) atoms.